The molecule has 39 heavy (non-hydrogen) atoms. The minimum Gasteiger partial charge on any atom is -0.367 e. The molecule has 1 aliphatic carbocycles. The lowest BCUT2D eigenvalue weighted by Gasteiger charge is -2.37. The van der Waals surface area contributed by atoms with Crippen molar-refractivity contribution in [1.82, 2.24) is 14.5 Å². The number of benzene rings is 2. The molecule has 2 atom stereocenters. The highest BCUT2D eigenvalue weighted by molar-refractivity contribution is 7.89. The second-order valence-electron chi connectivity index (χ2n) is 10.9. The van der Waals surface area contributed by atoms with Gasteiger partial charge in [0.25, 0.3) is 0 Å². The Labute approximate surface area is 236 Å². The Morgan fingerprint density at radius 2 is 1.74 bits per heavy atom. The lowest BCUT2D eigenvalue weighted by Crippen LogP contribution is -2.34. The Kier molecular flexibility index (Phi) is 10.4. The Bertz CT molecular complexity index is 1190. The van der Waals surface area contributed by atoms with Crippen molar-refractivity contribution in [3.05, 3.63) is 64.9 Å². The van der Waals surface area contributed by atoms with Gasteiger partial charge in [-0.25, -0.2) is 12.8 Å². The van der Waals surface area contributed by atoms with Crippen molar-refractivity contribution in [2.75, 3.05) is 40.3 Å². The molecular weight excluding hydrogens is 541 g/mol. The molecule has 0 bridgehead atoms. The van der Waals surface area contributed by atoms with Gasteiger partial charge < -0.3 is 15.0 Å². The number of hydrogen-bond donors (Lipinski definition) is 1. The van der Waals surface area contributed by atoms with E-state index in [1.807, 2.05) is 12.1 Å². The molecule has 1 N–H and O–H groups in total. The molecule has 1 saturated carbocycles. The van der Waals surface area contributed by atoms with E-state index < -0.39 is 15.8 Å². The van der Waals surface area contributed by atoms with Gasteiger partial charge in [-0.05, 0) is 93.6 Å². The molecule has 1 saturated heterocycles. The van der Waals surface area contributed by atoms with Crippen LogP contribution >= 0.6 is 11.6 Å². The van der Waals surface area contributed by atoms with E-state index in [9.17, 15) is 17.6 Å². The summed E-state index contributed by atoms with van der Waals surface area (Å²) in [4.78, 5) is 14.7. The van der Waals surface area contributed by atoms with Gasteiger partial charge in [0.1, 0.15) is 12.4 Å². The molecule has 214 valence electrons. The highest BCUT2D eigenvalue weighted by atomic mass is 35.5. The number of hydrogen-bond acceptors (Lipinski definition) is 5. The summed E-state index contributed by atoms with van der Waals surface area (Å²) in [6.45, 7) is 1.01. The van der Waals surface area contributed by atoms with E-state index in [1.165, 1.54) is 22.0 Å². The van der Waals surface area contributed by atoms with E-state index in [0.717, 1.165) is 49.3 Å². The number of ether oxygens (including phenoxy) is 1. The normalized spacial score (nSPS) is 23.2. The van der Waals surface area contributed by atoms with Gasteiger partial charge in [0, 0.05) is 30.7 Å². The Morgan fingerprint density at radius 3 is 2.38 bits per heavy atom. The summed E-state index contributed by atoms with van der Waals surface area (Å²) in [7, 11) is 0.564. The summed E-state index contributed by atoms with van der Waals surface area (Å²) in [6, 6.07) is 13.3. The molecule has 1 aliphatic heterocycles. The average Bonchev–Trinajstić information content (AvgIpc) is 3.40. The zero-order chi connectivity index (χ0) is 28.0. The van der Waals surface area contributed by atoms with Crippen LogP contribution in [0.3, 0.4) is 0 Å². The number of carbonyl (C=O) groups excluding carboxylic acids is 1. The number of halogens is 2. The quantitative estimate of drug-likeness (QED) is 0.411. The topological polar surface area (TPSA) is 79.0 Å². The Hall–Kier alpha value is -2.04. The molecule has 0 radical (unpaired) electrons. The van der Waals surface area contributed by atoms with Crippen LogP contribution in [0.5, 0.6) is 0 Å². The van der Waals surface area contributed by atoms with Gasteiger partial charge in [-0.3, -0.25) is 4.79 Å². The second kappa shape index (κ2) is 13.5. The van der Waals surface area contributed by atoms with Gasteiger partial charge in [-0.15, -0.1) is 0 Å². The molecule has 2 aromatic rings. The highest BCUT2D eigenvalue weighted by Crippen LogP contribution is 2.40. The van der Waals surface area contributed by atoms with Crippen molar-refractivity contribution in [3.63, 3.8) is 0 Å². The van der Waals surface area contributed by atoms with Gasteiger partial charge in [-0.1, -0.05) is 36.6 Å². The molecule has 1 amide bonds. The maximum atomic E-state index is 13.2. The first-order chi connectivity index (χ1) is 18.6. The Balaban J connectivity index is 1.14. The molecule has 0 aromatic heterocycles. The van der Waals surface area contributed by atoms with Crippen molar-refractivity contribution >= 4 is 27.5 Å². The number of rotatable bonds is 11. The van der Waals surface area contributed by atoms with Crippen LogP contribution in [0.25, 0.3) is 0 Å². The first kappa shape index (κ1) is 29.9. The lowest BCUT2D eigenvalue weighted by molar-refractivity contribution is -0.127. The van der Waals surface area contributed by atoms with Crippen LogP contribution in [0.4, 0.5) is 4.39 Å². The van der Waals surface area contributed by atoms with Gasteiger partial charge in [0.05, 0.1) is 11.0 Å². The number of carbonyl (C=O) groups is 1. The summed E-state index contributed by atoms with van der Waals surface area (Å²) < 4.78 is 45.7. The van der Waals surface area contributed by atoms with Crippen LogP contribution in [0.2, 0.25) is 5.02 Å². The molecular formula is C29H39ClFN3O4S. The van der Waals surface area contributed by atoms with E-state index in [2.05, 4.69) is 36.4 Å². The fourth-order valence-corrected chi connectivity index (χ4v) is 7.52. The monoisotopic (exact) mass is 579 g/mol. The average molecular weight is 580 g/mol. The molecule has 7 nitrogen and oxygen atoms in total. The van der Waals surface area contributed by atoms with Gasteiger partial charge in [-0.2, -0.15) is 4.31 Å². The summed E-state index contributed by atoms with van der Waals surface area (Å²) in [6.07, 6.45) is 5.73. The zero-order valence-corrected chi connectivity index (χ0v) is 24.3. The van der Waals surface area contributed by atoms with Crippen molar-refractivity contribution in [3.8, 4) is 0 Å². The molecule has 10 heteroatoms. The largest absolute Gasteiger partial charge is 0.367 e. The second-order valence-corrected chi connectivity index (χ2v) is 13.3. The molecule has 2 aliphatic rings. The molecule has 1 heterocycles. The first-order valence-corrected chi connectivity index (χ1v) is 15.5. The van der Waals surface area contributed by atoms with Gasteiger partial charge >= 0.3 is 0 Å². The van der Waals surface area contributed by atoms with Crippen molar-refractivity contribution in [1.29, 1.82) is 0 Å². The smallest absolute Gasteiger partial charge is 0.246 e. The predicted octanol–water partition coefficient (Wildman–Crippen LogP) is 4.87. The highest BCUT2D eigenvalue weighted by Gasteiger charge is 2.33. The maximum absolute atomic E-state index is 13.2. The lowest BCUT2D eigenvalue weighted by atomic mass is 9.75. The number of nitrogens with one attached hydrogen (secondary N) is 1. The van der Waals surface area contributed by atoms with Gasteiger partial charge in [0.15, 0.2) is 0 Å². The summed E-state index contributed by atoms with van der Waals surface area (Å²) >= 11 is 6.09. The van der Waals surface area contributed by atoms with Crippen LogP contribution in [-0.2, 0) is 19.6 Å². The van der Waals surface area contributed by atoms with E-state index in [4.69, 9.17) is 16.3 Å². The number of nitrogens with zero attached hydrogens (tertiary/aromatic N) is 2. The van der Waals surface area contributed by atoms with E-state index in [-0.39, 0.29) is 30.1 Å². The Morgan fingerprint density at radius 1 is 1.08 bits per heavy atom. The summed E-state index contributed by atoms with van der Waals surface area (Å²) in [5.74, 6) is 0.523. The van der Waals surface area contributed by atoms with Crippen LogP contribution < -0.4 is 5.32 Å². The van der Waals surface area contributed by atoms with Crippen molar-refractivity contribution < 1.29 is 22.3 Å². The van der Waals surface area contributed by atoms with Crippen LogP contribution in [0, 0.1) is 17.7 Å². The number of amides is 1. The van der Waals surface area contributed by atoms with E-state index in [1.54, 1.807) is 0 Å². The summed E-state index contributed by atoms with van der Waals surface area (Å²) in [5, 5.41) is 3.71. The molecule has 0 spiro atoms. The minimum atomic E-state index is -3.71. The third kappa shape index (κ3) is 8.01. The fraction of sp³-hybridized carbons (Fsp3) is 0.552. The molecule has 4 rings (SSSR count). The van der Waals surface area contributed by atoms with Crippen molar-refractivity contribution in [2.45, 2.75) is 55.6 Å². The van der Waals surface area contributed by atoms with Crippen molar-refractivity contribution in [2.24, 2.45) is 11.8 Å². The molecule has 2 unspecified atom stereocenters. The molecule has 2 fully saturated rings. The first-order valence-electron chi connectivity index (χ1n) is 13.7. The third-order valence-corrected chi connectivity index (χ3v) is 10.1. The van der Waals surface area contributed by atoms with E-state index >= 15 is 0 Å². The minimum absolute atomic E-state index is 0.0542. The zero-order valence-electron chi connectivity index (χ0n) is 22.7. The van der Waals surface area contributed by atoms with Gasteiger partial charge in [0.2, 0.25) is 15.9 Å². The molecule has 2 aromatic carbocycles. The van der Waals surface area contributed by atoms with Crippen LogP contribution in [0.1, 0.15) is 50.1 Å². The van der Waals surface area contributed by atoms with Crippen LogP contribution in [-0.4, -0.2) is 70.0 Å². The standard InChI is InChI=1S/C29H39ClFN3O4S/c1-33(2)29(23-7-9-24(30)10-8-23)22-5-3-21(4-6-22)15-17-32-28(35)20-38-26-16-18-34(19-26)39(36,37)27-13-11-25(31)12-14-27/h7-14,21-22,26,29H,3-6,15-20H2,1-2H3,(H,32,35). The predicted molar refractivity (Wildman–Crippen MR) is 150 cm³/mol. The van der Waals surface area contributed by atoms with E-state index in [0.29, 0.717) is 37.4 Å². The third-order valence-electron chi connectivity index (χ3n) is 7.99. The maximum Gasteiger partial charge on any atom is 0.246 e. The SMILES string of the molecule is CN(C)C(c1ccc(Cl)cc1)C1CCC(CCNC(=O)COC2CCN(S(=O)(=O)c3ccc(F)cc3)C2)CC1. The fourth-order valence-electron chi connectivity index (χ4n) is 5.91. The van der Waals surface area contributed by atoms with Crippen LogP contribution in [0.15, 0.2) is 53.4 Å². The number of sulfonamides is 1. The summed E-state index contributed by atoms with van der Waals surface area (Å²) in [5.41, 5.74) is 1.30.